The van der Waals surface area contributed by atoms with E-state index in [1.165, 1.54) is 12.1 Å². The van der Waals surface area contributed by atoms with Crippen LogP contribution in [0.3, 0.4) is 0 Å². The minimum atomic E-state index is 0.598. The van der Waals surface area contributed by atoms with Gasteiger partial charge >= 0.3 is 0 Å². The second kappa shape index (κ2) is 4.77. The monoisotopic (exact) mass is 205 g/mol. The summed E-state index contributed by atoms with van der Waals surface area (Å²) in [6.07, 6.45) is 0. The fourth-order valence-electron chi connectivity index (χ4n) is 2.43. The van der Waals surface area contributed by atoms with Crippen LogP contribution in [0.2, 0.25) is 0 Å². The average molecular weight is 205 g/mol. The van der Waals surface area contributed by atoms with Crippen molar-refractivity contribution < 1.29 is 4.74 Å². The normalized spacial score (nSPS) is 26.3. The Morgan fingerprint density at radius 1 is 1.33 bits per heavy atom. The van der Waals surface area contributed by atoms with Gasteiger partial charge in [0.25, 0.3) is 0 Å². The smallest absolute Gasteiger partial charge is 0.0589 e. The number of rotatable bonds is 4. The molecule has 82 valence electrons. The summed E-state index contributed by atoms with van der Waals surface area (Å²) in [4.78, 5) is 2.49. The molecule has 0 aliphatic carbocycles. The lowest BCUT2D eigenvalue weighted by Gasteiger charge is -2.47. The van der Waals surface area contributed by atoms with E-state index in [2.05, 4.69) is 42.2 Å². The summed E-state index contributed by atoms with van der Waals surface area (Å²) in [5.41, 5.74) is 1.44. The van der Waals surface area contributed by atoms with Crippen LogP contribution in [0.15, 0.2) is 30.3 Å². The van der Waals surface area contributed by atoms with Crippen molar-refractivity contribution in [3.05, 3.63) is 35.9 Å². The molecule has 1 aliphatic rings. The lowest BCUT2D eigenvalue weighted by molar-refractivity contribution is 0.00402. The van der Waals surface area contributed by atoms with Gasteiger partial charge in [0, 0.05) is 26.2 Å². The van der Waals surface area contributed by atoms with Crippen molar-refractivity contribution in [1.29, 1.82) is 0 Å². The van der Waals surface area contributed by atoms with Gasteiger partial charge in [0.15, 0.2) is 0 Å². The predicted octanol–water partition coefficient (Wildman–Crippen LogP) is 2.33. The maximum absolute atomic E-state index is 5.13. The molecule has 1 heterocycles. The van der Waals surface area contributed by atoms with Gasteiger partial charge in [-0.15, -0.1) is 0 Å². The molecule has 0 N–H and O–H groups in total. The van der Waals surface area contributed by atoms with Crippen LogP contribution in [0, 0.1) is 5.92 Å². The maximum atomic E-state index is 5.13. The number of ether oxygens (including phenoxy) is 1. The van der Waals surface area contributed by atoms with Crippen molar-refractivity contribution in [3.63, 3.8) is 0 Å². The summed E-state index contributed by atoms with van der Waals surface area (Å²) in [5.74, 6) is 0.768. The van der Waals surface area contributed by atoms with Crippen LogP contribution >= 0.6 is 0 Å². The van der Waals surface area contributed by atoms with Gasteiger partial charge in [0.2, 0.25) is 0 Å². The molecule has 0 spiro atoms. The summed E-state index contributed by atoms with van der Waals surface area (Å²) < 4.78 is 5.13. The Morgan fingerprint density at radius 2 is 2.07 bits per heavy atom. The third kappa shape index (κ3) is 2.21. The minimum Gasteiger partial charge on any atom is -0.383 e. The Labute approximate surface area is 91.9 Å². The molecule has 0 bridgehead atoms. The van der Waals surface area contributed by atoms with E-state index >= 15 is 0 Å². The second-order valence-corrected chi connectivity index (χ2v) is 4.32. The quantitative estimate of drug-likeness (QED) is 0.748. The molecule has 0 unspecified atom stereocenters. The summed E-state index contributed by atoms with van der Waals surface area (Å²) in [6, 6.07) is 11.4. The van der Waals surface area contributed by atoms with E-state index in [1.807, 2.05) is 0 Å². The summed E-state index contributed by atoms with van der Waals surface area (Å²) in [6.45, 7) is 5.39. The topological polar surface area (TPSA) is 12.5 Å². The molecule has 2 atom stereocenters. The lowest BCUT2D eigenvalue weighted by Crippen LogP contribution is -2.49. The third-order valence-electron chi connectivity index (χ3n) is 3.18. The first-order valence-electron chi connectivity index (χ1n) is 5.61. The van der Waals surface area contributed by atoms with E-state index in [4.69, 9.17) is 4.74 Å². The van der Waals surface area contributed by atoms with Crippen molar-refractivity contribution >= 4 is 0 Å². The summed E-state index contributed by atoms with van der Waals surface area (Å²) >= 11 is 0. The molecule has 1 fully saturated rings. The van der Waals surface area contributed by atoms with Gasteiger partial charge in [-0.2, -0.15) is 0 Å². The van der Waals surface area contributed by atoms with E-state index in [-0.39, 0.29) is 0 Å². The first-order chi connectivity index (χ1) is 7.33. The Morgan fingerprint density at radius 3 is 2.67 bits per heavy atom. The van der Waals surface area contributed by atoms with Crippen molar-refractivity contribution in [1.82, 2.24) is 4.90 Å². The number of nitrogens with zero attached hydrogens (tertiary/aromatic N) is 1. The fraction of sp³-hybridized carbons (Fsp3) is 0.538. The predicted molar refractivity (Wildman–Crippen MR) is 61.8 cm³/mol. The zero-order valence-corrected chi connectivity index (χ0v) is 9.52. The Hall–Kier alpha value is -0.860. The van der Waals surface area contributed by atoms with E-state index in [1.54, 1.807) is 7.11 Å². The number of methoxy groups -OCH3 is 1. The van der Waals surface area contributed by atoms with Crippen LogP contribution in [-0.4, -0.2) is 31.7 Å². The summed E-state index contributed by atoms with van der Waals surface area (Å²) in [5, 5.41) is 0. The van der Waals surface area contributed by atoms with E-state index < -0.39 is 0 Å². The number of hydrogen-bond donors (Lipinski definition) is 0. The van der Waals surface area contributed by atoms with Crippen molar-refractivity contribution in [2.75, 3.05) is 26.8 Å². The van der Waals surface area contributed by atoms with Crippen molar-refractivity contribution in [2.45, 2.75) is 13.0 Å². The first kappa shape index (κ1) is 10.7. The highest BCUT2D eigenvalue weighted by Crippen LogP contribution is 2.37. The molecule has 2 rings (SSSR count). The van der Waals surface area contributed by atoms with Crippen LogP contribution < -0.4 is 0 Å². The SMILES string of the molecule is COCCN1C[C@H](C)[C@H]1c1ccccc1. The first-order valence-corrected chi connectivity index (χ1v) is 5.61. The van der Waals surface area contributed by atoms with Crippen LogP contribution in [-0.2, 0) is 4.74 Å². The van der Waals surface area contributed by atoms with Crippen molar-refractivity contribution in [3.8, 4) is 0 Å². The Balaban J connectivity index is 2.01. The highest BCUT2D eigenvalue weighted by atomic mass is 16.5. The maximum Gasteiger partial charge on any atom is 0.0589 e. The molecule has 0 saturated carbocycles. The Kier molecular flexibility index (Phi) is 3.39. The number of benzene rings is 1. The highest BCUT2D eigenvalue weighted by molar-refractivity contribution is 5.22. The third-order valence-corrected chi connectivity index (χ3v) is 3.18. The van der Waals surface area contributed by atoms with Gasteiger partial charge in [0.1, 0.15) is 0 Å². The molecule has 2 nitrogen and oxygen atoms in total. The molecule has 1 saturated heterocycles. The molecular weight excluding hydrogens is 186 g/mol. The van der Waals surface area contributed by atoms with Crippen LogP contribution in [0.25, 0.3) is 0 Å². The van der Waals surface area contributed by atoms with Crippen LogP contribution in [0.5, 0.6) is 0 Å². The molecule has 15 heavy (non-hydrogen) atoms. The van der Waals surface area contributed by atoms with Crippen molar-refractivity contribution in [2.24, 2.45) is 5.92 Å². The number of likely N-dealkylation sites (tertiary alicyclic amines) is 1. The summed E-state index contributed by atoms with van der Waals surface area (Å²) in [7, 11) is 1.76. The van der Waals surface area contributed by atoms with E-state index in [9.17, 15) is 0 Å². The van der Waals surface area contributed by atoms with Gasteiger partial charge < -0.3 is 4.74 Å². The van der Waals surface area contributed by atoms with Crippen LogP contribution in [0.1, 0.15) is 18.5 Å². The fourth-order valence-corrected chi connectivity index (χ4v) is 2.43. The highest BCUT2D eigenvalue weighted by Gasteiger charge is 2.35. The average Bonchev–Trinajstić information content (AvgIpc) is 2.25. The van der Waals surface area contributed by atoms with Crippen LogP contribution in [0.4, 0.5) is 0 Å². The molecule has 1 aromatic carbocycles. The molecule has 0 radical (unpaired) electrons. The molecule has 0 aromatic heterocycles. The zero-order chi connectivity index (χ0) is 10.7. The molecule has 1 aliphatic heterocycles. The largest absolute Gasteiger partial charge is 0.383 e. The van der Waals surface area contributed by atoms with Gasteiger partial charge in [-0.3, -0.25) is 4.90 Å². The van der Waals surface area contributed by atoms with Gasteiger partial charge in [0.05, 0.1) is 6.61 Å². The molecule has 1 aromatic rings. The molecule has 2 heteroatoms. The van der Waals surface area contributed by atoms with E-state index in [0.29, 0.717) is 6.04 Å². The zero-order valence-electron chi connectivity index (χ0n) is 9.52. The minimum absolute atomic E-state index is 0.598. The standard InChI is InChI=1S/C13H19NO/c1-11-10-14(8-9-15-2)13(11)12-6-4-3-5-7-12/h3-7,11,13H,8-10H2,1-2H3/t11-,13-/m0/s1. The lowest BCUT2D eigenvalue weighted by atomic mass is 9.85. The van der Waals surface area contributed by atoms with Gasteiger partial charge in [-0.25, -0.2) is 0 Å². The Bertz CT molecular complexity index is 299. The van der Waals surface area contributed by atoms with Gasteiger partial charge in [-0.05, 0) is 11.5 Å². The van der Waals surface area contributed by atoms with Gasteiger partial charge in [-0.1, -0.05) is 37.3 Å². The molecular formula is C13H19NO. The molecule has 0 amide bonds. The number of hydrogen-bond acceptors (Lipinski definition) is 2. The van der Waals surface area contributed by atoms with E-state index in [0.717, 1.165) is 19.1 Å². The second-order valence-electron chi connectivity index (χ2n) is 4.32.